The van der Waals surface area contributed by atoms with Crippen molar-refractivity contribution in [2.45, 2.75) is 38.9 Å². The van der Waals surface area contributed by atoms with Crippen LogP contribution in [0.15, 0.2) is 0 Å². The van der Waals surface area contributed by atoms with E-state index in [9.17, 15) is 23.2 Å². The summed E-state index contributed by atoms with van der Waals surface area (Å²) in [4.78, 5) is 13.6. The Bertz CT molecular complexity index is 653. The van der Waals surface area contributed by atoms with Crippen LogP contribution in [0.3, 0.4) is 0 Å². The van der Waals surface area contributed by atoms with Crippen LogP contribution >= 0.6 is 0 Å². The van der Waals surface area contributed by atoms with E-state index in [2.05, 4.69) is 10.2 Å². The molecule has 1 atom stereocenters. The van der Waals surface area contributed by atoms with Gasteiger partial charge in [0, 0.05) is 6.54 Å². The molecule has 0 spiro atoms. The van der Waals surface area contributed by atoms with Crippen LogP contribution in [0.2, 0.25) is 0 Å². The first-order valence-corrected chi connectivity index (χ1v) is 7.09. The summed E-state index contributed by atoms with van der Waals surface area (Å²) in [6, 6.07) is 1.26. The topological polar surface area (TPSA) is 81.9 Å². The van der Waals surface area contributed by atoms with Crippen molar-refractivity contribution in [2.24, 2.45) is 0 Å². The molecular weight excluding hydrogens is 311 g/mol. The molecule has 1 aromatic rings. The van der Waals surface area contributed by atoms with Crippen molar-refractivity contribution in [3.05, 3.63) is 16.8 Å². The van der Waals surface area contributed by atoms with Gasteiger partial charge < -0.3 is 10.2 Å². The second kappa shape index (κ2) is 6.40. The molecule has 1 aliphatic heterocycles. The minimum Gasteiger partial charge on any atom is -0.345 e. The summed E-state index contributed by atoms with van der Waals surface area (Å²) in [5, 5.41) is 19.2. The highest BCUT2D eigenvalue weighted by atomic mass is 19.4. The number of aromatic nitrogens is 2. The first-order valence-electron chi connectivity index (χ1n) is 7.09. The number of nitrogens with zero attached hydrogens (tertiary/aromatic N) is 4. The SMILES string of the molecule is Cc1nnc(N2CCC[C@H]2C(=O)NCC(F)(F)F)c(C#N)c1C. The van der Waals surface area contributed by atoms with E-state index in [0.717, 1.165) is 0 Å². The number of carbonyl (C=O) groups excluding carboxylic acids is 1. The number of nitrogens with one attached hydrogen (secondary N) is 1. The predicted molar refractivity (Wildman–Crippen MR) is 75.7 cm³/mol. The number of alkyl halides is 3. The maximum absolute atomic E-state index is 12.2. The van der Waals surface area contributed by atoms with Gasteiger partial charge in [-0.2, -0.15) is 23.5 Å². The average Bonchev–Trinajstić information content (AvgIpc) is 2.96. The third kappa shape index (κ3) is 3.70. The van der Waals surface area contributed by atoms with Gasteiger partial charge in [-0.05, 0) is 32.3 Å². The van der Waals surface area contributed by atoms with Gasteiger partial charge in [0.1, 0.15) is 24.2 Å². The summed E-state index contributed by atoms with van der Waals surface area (Å²) >= 11 is 0. The summed E-state index contributed by atoms with van der Waals surface area (Å²) in [6.45, 7) is 2.50. The molecule has 2 rings (SSSR count). The van der Waals surface area contributed by atoms with E-state index >= 15 is 0 Å². The first kappa shape index (κ1) is 17.0. The number of halogens is 3. The molecule has 1 aliphatic rings. The van der Waals surface area contributed by atoms with Crippen molar-refractivity contribution >= 4 is 11.7 Å². The lowest BCUT2D eigenvalue weighted by atomic mass is 10.1. The summed E-state index contributed by atoms with van der Waals surface area (Å²) in [5.74, 6) is -0.469. The average molecular weight is 327 g/mol. The molecule has 0 aliphatic carbocycles. The summed E-state index contributed by atoms with van der Waals surface area (Å²) < 4.78 is 36.7. The van der Waals surface area contributed by atoms with E-state index < -0.39 is 24.7 Å². The Kier molecular flexibility index (Phi) is 4.73. The quantitative estimate of drug-likeness (QED) is 0.912. The molecule has 0 bridgehead atoms. The third-order valence-corrected chi connectivity index (χ3v) is 3.84. The van der Waals surface area contributed by atoms with Gasteiger partial charge in [0.15, 0.2) is 5.82 Å². The fourth-order valence-corrected chi connectivity index (χ4v) is 2.53. The van der Waals surface area contributed by atoms with E-state index in [0.29, 0.717) is 36.2 Å². The van der Waals surface area contributed by atoms with E-state index in [4.69, 9.17) is 0 Å². The van der Waals surface area contributed by atoms with Crippen LogP contribution in [0.5, 0.6) is 0 Å². The van der Waals surface area contributed by atoms with Crippen molar-refractivity contribution in [2.75, 3.05) is 18.0 Å². The Morgan fingerprint density at radius 1 is 1.43 bits per heavy atom. The Hall–Kier alpha value is -2.37. The van der Waals surface area contributed by atoms with Gasteiger partial charge in [-0.15, -0.1) is 5.10 Å². The van der Waals surface area contributed by atoms with Gasteiger partial charge in [-0.3, -0.25) is 4.79 Å². The van der Waals surface area contributed by atoms with Gasteiger partial charge in [0.2, 0.25) is 5.91 Å². The maximum atomic E-state index is 12.2. The third-order valence-electron chi connectivity index (χ3n) is 3.84. The second-order valence-corrected chi connectivity index (χ2v) is 5.41. The second-order valence-electron chi connectivity index (χ2n) is 5.41. The molecule has 124 valence electrons. The van der Waals surface area contributed by atoms with Crippen molar-refractivity contribution in [1.29, 1.82) is 5.26 Å². The molecule has 2 heterocycles. The molecule has 6 nitrogen and oxygen atoms in total. The molecule has 1 N–H and O–H groups in total. The van der Waals surface area contributed by atoms with E-state index in [1.54, 1.807) is 18.7 Å². The Balaban J connectivity index is 2.24. The fraction of sp³-hybridized carbons (Fsp3) is 0.571. The van der Waals surface area contributed by atoms with Crippen LogP contribution in [0.25, 0.3) is 0 Å². The zero-order valence-electron chi connectivity index (χ0n) is 12.7. The summed E-state index contributed by atoms with van der Waals surface area (Å²) in [5.41, 5.74) is 1.55. The largest absolute Gasteiger partial charge is 0.405 e. The summed E-state index contributed by atoms with van der Waals surface area (Å²) in [6.07, 6.45) is -3.43. The molecule has 1 amide bonds. The smallest absolute Gasteiger partial charge is 0.345 e. The lowest BCUT2D eigenvalue weighted by Gasteiger charge is -2.26. The van der Waals surface area contributed by atoms with Crippen molar-refractivity contribution < 1.29 is 18.0 Å². The number of amides is 1. The van der Waals surface area contributed by atoms with Gasteiger partial charge >= 0.3 is 6.18 Å². The maximum Gasteiger partial charge on any atom is 0.405 e. The highest BCUT2D eigenvalue weighted by Crippen LogP contribution is 2.28. The van der Waals surface area contributed by atoms with E-state index in [1.165, 1.54) is 0 Å². The Morgan fingerprint density at radius 3 is 2.74 bits per heavy atom. The predicted octanol–water partition coefficient (Wildman–Crippen LogP) is 1.61. The van der Waals surface area contributed by atoms with Crippen LogP contribution in [0.4, 0.5) is 19.0 Å². The molecule has 1 fully saturated rings. The van der Waals surface area contributed by atoms with Crippen LogP contribution in [-0.4, -0.2) is 41.4 Å². The van der Waals surface area contributed by atoms with Crippen LogP contribution in [-0.2, 0) is 4.79 Å². The number of anilines is 1. The highest BCUT2D eigenvalue weighted by Gasteiger charge is 2.36. The zero-order chi connectivity index (χ0) is 17.2. The Labute approximate surface area is 131 Å². The van der Waals surface area contributed by atoms with Gasteiger partial charge in [0.05, 0.1) is 5.69 Å². The van der Waals surface area contributed by atoms with Crippen LogP contribution in [0.1, 0.15) is 29.7 Å². The molecule has 9 heteroatoms. The van der Waals surface area contributed by atoms with Gasteiger partial charge in [-0.1, -0.05) is 0 Å². The number of hydrogen-bond acceptors (Lipinski definition) is 5. The van der Waals surface area contributed by atoms with E-state index in [1.807, 2.05) is 11.4 Å². The zero-order valence-corrected chi connectivity index (χ0v) is 12.7. The lowest BCUT2D eigenvalue weighted by molar-refractivity contribution is -0.139. The lowest BCUT2D eigenvalue weighted by Crippen LogP contribution is -2.46. The van der Waals surface area contributed by atoms with Gasteiger partial charge in [0.25, 0.3) is 0 Å². The molecule has 1 aromatic heterocycles. The van der Waals surface area contributed by atoms with Crippen molar-refractivity contribution in [3.8, 4) is 6.07 Å². The fourth-order valence-electron chi connectivity index (χ4n) is 2.53. The standard InChI is InChI=1S/C14H16F3N5O/c1-8-9(2)20-21-12(10(8)6-18)22-5-3-4-11(22)13(23)19-7-14(15,16)17/h11H,3-5,7H2,1-2H3,(H,19,23)/t11-/m0/s1. The minimum absolute atomic E-state index is 0.250. The molecule has 0 aromatic carbocycles. The molecule has 0 unspecified atom stereocenters. The first-order chi connectivity index (χ1) is 10.7. The van der Waals surface area contributed by atoms with Gasteiger partial charge in [-0.25, -0.2) is 0 Å². The number of carbonyl (C=O) groups is 1. The Morgan fingerprint density at radius 2 is 2.13 bits per heavy atom. The number of hydrogen-bond donors (Lipinski definition) is 1. The molecule has 1 saturated heterocycles. The summed E-state index contributed by atoms with van der Waals surface area (Å²) in [7, 11) is 0. The molecule has 23 heavy (non-hydrogen) atoms. The molecule has 0 saturated carbocycles. The number of aryl methyl sites for hydroxylation is 1. The number of rotatable bonds is 3. The van der Waals surface area contributed by atoms with Crippen LogP contribution < -0.4 is 10.2 Å². The number of nitriles is 1. The highest BCUT2D eigenvalue weighted by molar-refractivity contribution is 5.86. The van der Waals surface area contributed by atoms with Crippen LogP contribution in [0, 0.1) is 25.2 Å². The molecule has 0 radical (unpaired) electrons. The normalized spacial score (nSPS) is 17.9. The van der Waals surface area contributed by atoms with Crippen molar-refractivity contribution in [3.63, 3.8) is 0 Å². The van der Waals surface area contributed by atoms with Crippen molar-refractivity contribution in [1.82, 2.24) is 15.5 Å². The van der Waals surface area contributed by atoms with E-state index in [-0.39, 0.29) is 5.82 Å². The monoisotopic (exact) mass is 327 g/mol. The minimum atomic E-state index is -4.46. The molecular formula is C14H16F3N5O.